The highest BCUT2D eigenvalue weighted by molar-refractivity contribution is 7.14. The smallest absolute Gasteiger partial charge is 0.412 e. The topological polar surface area (TPSA) is 64.6 Å². The summed E-state index contributed by atoms with van der Waals surface area (Å²) in [7, 11) is 1.58. The first-order chi connectivity index (χ1) is 18.7. The molecule has 8 heteroatoms. The number of ketones is 1. The van der Waals surface area contributed by atoms with Crippen LogP contribution >= 0.6 is 22.9 Å². The Bertz CT molecular complexity index is 1530. The molecular formula is C31H27ClFNO4S. The van der Waals surface area contributed by atoms with Crippen molar-refractivity contribution in [2.45, 2.75) is 38.2 Å². The summed E-state index contributed by atoms with van der Waals surface area (Å²) in [6.45, 7) is 3.40. The molecule has 5 nitrogen and oxygen atoms in total. The minimum absolute atomic E-state index is 0.202. The number of thiophene rings is 1. The van der Waals surface area contributed by atoms with Gasteiger partial charge in [-0.15, -0.1) is 11.3 Å². The predicted molar refractivity (Wildman–Crippen MR) is 153 cm³/mol. The van der Waals surface area contributed by atoms with E-state index >= 15 is 0 Å². The summed E-state index contributed by atoms with van der Waals surface area (Å²) in [6, 6.07) is 21.9. The molecule has 39 heavy (non-hydrogen) atoms. The Labute approximate surface area is 235 Å². The molecule has 1 amide bonds. The molecule has 0 radical (unpaired) electrons. The zero-order valence-electron chi connectivity index (χ0n) is 21.7. The number of hydrogen-bond donors (Lipinski definition) is 1. The molecule has 1 N–H and O–H groups in total. The number of halogens is 2. The van der Waals surface area contributed by atoms with Crippen LogP contribution in [-0.4, -0.2) is 19.0 Å². The number of methoxy groups -OCH3 is 1. The lowest BCUT2D eigenvalue weighted by Crippen LogP contribution is -2.16. The molecule has 3 aromatic carbocycles. The van der Waals surface area contributed by atoms with E-state index < -0.39 is 17.3 Å². The molecule has 5 rings (SSSR count). The van der Waals surface area contributed by atoms with Crippen molar-refractivity contribution in [2.75, 3.05) is 12.4 Å². The van der Waals surface area contributed by atoms with E-state index in [0.717, 1.165) is 46.4 Å². The van der Waals surface area contributed by atoms with E-state index in [4.69, 9.17) is 21.1 Å². The molecule has 1 fully saturated rings. The highest BCUT2D eigenvalue weighted by Gasteiger charge is 2.48. The Morgan fingerprint density at radius 3 is 2.28 bits per heavy atom. The first-order valence-electron chi connectivity index (χ1n) is 12.5. The van der Waals surface area contributed by atoms with Crippen molar-refractivity contribution in [1.82, 2.24) is 0 Å². The maximum Gasteiger partial charge on any atom is 0.412 e. The van der Waals surface area contributed by atoms with E-state index in [2.05, 4.69) is 5.32 Å². The van der Waals surface area contributed by atoms with Gasteiger partial charge in [-0.05, 0) is 67.1 Å². The first kappa shape index (κ1) is 26.9. The SMILES string of the molecule is COc1cc(-c2sc(F)cc2NC(=O)O[C@H](C)c2ccc(Cl)cc2)ccc1-c1ccc(C2(C(C)=O)CC2)cc1. The second kappa shape index (κ2) is 10.8. The van der Waals surface area contributed by atoms with E-state index in [1.165, 1.54) is 6.07 Å². The molecule has 1 heterocycles. The van der Waals surface area contributed by atoms with Crippen molar-refractivity contribution in [3.63, 3.8) is 0 Å². The van der Waals surface area contributed by atoms with Crippen LogP contribution in [0.5, 0.6) is 5.75 Å². The van der Waals surface area contributed by atoms with Gasteiger partial charge in [0.2, 0.25) is 0 Å². The average Bonchev–Trinajstić information content (AvgIpc) is 3.66. The molecule has 1 atom stereocenters. The van der Waals surface area contributed by atoms with Gasteiger partial charge >= 0.3 is 6.09 Å². The summed E-state index contributed by atoms with van der Waals surface area (Å²) in [5, 5.41) is 2.82. The Kier molecular flexibility index (Phi) is 7.47. The summed E-state index contributed by atoms with van der Waals surface area (Å²) in [6.07, 6.45) is 0.562. The number of carbonyl (C=O) groups excluding carboxylic acids is 2. The third-order valence-electron chi connectivity index (χ3n) is 7.20. The van der Waals surface area contributed by atoms with Crippen molar-refractivity contribution in [3.05, 3.63) is 94.1 Å². The normalized spacial score (nSPS) is 14.4. The second-order valence-corrected chi connectivity index (χ2v) is 11.1. The molecule has 4 aromatic rings. The van der Waals surface area contributed by atoms with Gasteiger partial charge in [0.15, 0.2) is 5.13 Å². The minimum Gasteiger partial charge on any atom is -0.496 e. The van der Waals surface area contributed by atoms with Crippen LogP contribution in [-0.2, 0) is 14.9 Å². The fraction of sp³-hybridized carbons (Fsp3) is 0.226. The van der Waals surface area contributed by atoms with Gasteiger partial charge in [-0.3, -0.25) is 10.1 Å². The number of Topliss-reactive ketones (excluding diaryl/α,β-unsaturated/α-hetero) is 1. The molecule has 0 bridgehead atoms. The van der Waals surface area contributed by atoms with Crippen LogP contribution in [0.25, 0.3) is 21.6 Å². The highest BCUT2D eigenvalue weighted by atomic mass is 35.5. The second-order valence-electron chi connectivity index (χ2n) is 9.65. The molecular weight excluding hydrogens is 537 g/mol. The number of ether oxygens (including phenoxy) is 2. The fourth-order valence-electron chi connectivity index (χ4n) is 4.78. The summed E-state index contributed by atoms with van der Waals surface area (Å²) in [5.74, 6) is 0.805. The van der Waals surface area contributed by atoms with Crippen LogP contribution in [0, 0.1) is 5.13 Å². The van der Waals surface area contributed by atoms with Crippen LogP contribution in [0.1, 0.15) is 43.9 Å². The van der Waals surface area contributed by atoms with Gasteiger partial charge in [0.25, 0.3) is 0 Å². The molecule has 0 spiro atoms. The van der Waals surface area contributed by atoms with Crippen molar-refractivity contribution in [2.24, 2.45) is 0 Å². The largest absolute Gasteiger partial charge is 0.496 e. The van der Waals surface area contributed by atoms with Gasteiger partial charge in [-0.2, -0.15) is 4.39 Å². The quantitative estimate of drug-likeness (QED) is 0.232. The van der Waals surface area contributed by atoms with Crippen molar-refractivity contribution < 1.29 is 23.5 Å². The molecule has 200 valence electrons. The molecule has 1 aliphatic rings. The fourth-order valence-corrected chi connectivity index (χ4v) is 5.74. The van der Waals surface area contributed by atoms with Gasteiger partial charge in [-0.1, -0.05) is 60.1 Å². The van der Waals surface area contributed by atoms with E-state index in [1.54, 1.807) is 45.2 Å². The lowest BCUT2D eigenvalue weighted by atomic mass is 9.90. The molecule has 0 saturated heterocycles. The first-order valence-corrected chi connectivity index (χ1v) is 13.7. The van der Waals surface area contributed by atoms with Gasteiger partial charge in [-0.25, -0.2) is 4.79 Å². The predicted octanol–water partition coefficient (Wildman–Crippen LogP) is 8.81. The van der Waals surface area contributed by atoms with Crippen LogP contribution in [0.2, 0.25) is 5.02 Å². The maximum atomic E-state index is 14.4. The highest BCUT2D eigenvalue weighted by Crippen LogP contribution is 2.49. The molecule has 1 aromatic heterocycles. The number of rotatable bonds is 8. The van der Waals surface area contributed by atoms with Gasteiger partial charge in [0.1, 0.15) is 17.6 Å². The van der Waals surface area contributed by atoms with Crippen molar-refractivity contribution in [3.8, 4) is 27.3 Å². The van der Waals surface area contributed by atoms with Crippen LogP contribution in [0.4, 0.5) is 14.9 Å². The van der Waals surface area contributed by atoms with Crippen LogP contribution in [0.15, 0.2) is 72.8 Å². The maximum absolute atomic E-state index is 14.4. The zero-order chi connectivity index (χ0) is 27.7. The lowest BCUT2D eigenvalue weighted by Gasteiger charge is -2.15. The van der Waals surface area contributed by atoms with E-state index in [-0.39, 0.29) is 11.2 Å². The molecule has 1 saturated carbocycles. The number of nitrogens with one attached hydrogen (secondary N) is 1. The van der Waals surface area contributed by atoms with Crippen molar-refractivity contribution in [1.29, 1.82) is 0 Å². The third kappa shape index (κ3) is 5.56. The standard InChI is InChI=1S/C31H27ClFNO4S/c1-18(20-6-11-24(32)12-7-20)38-30(36)34-26-17-28(33)39-29(26)22-8-13-25(27(16-22)37-3)21-4-9-23(10-5-21)31(14-15-31)19(2)35/h4-13,16-18H,14-15H2,1-3H3,(H,34,36)/t18-/m1/s1. The third-order valence-corrected chi connectivity index (χ3v) is 8.42. The van der Waals surface area contributed by atoms with Crippen LogP contribution in [0.3, 0.4) is 0 Å². The van der Waals surface area contributed by atoms with Gasteiger partial charge in [0, 0.05) is 16.7 Å². The number of anilines is 1. The number of amides is 1. The van der Waals surface area contributed by atoms with Gasteiger partial charge in [0.05, 0.1) is 23.1 Å². The Balaban J connectivity index is 1.36. The Morgan fingerprint density at radius 2 is 1.67 bits per heavy atom. The van der Waals surface area contributed by atoms with Crippen molar-refractivity contribution >= 4 is 40.5 Å². The molecule has 1 aliphatic carbocycles. The van der Waals surface area contributed by atoms with E-state index in [0.29, 0.717) is 26.9 Å². The monoisotopic (exact) mass is 563 g/mol. The summed E-state index contributed by atoms with van der Waals surface area (Å²) in [5.41, 5.74) is 4.30. The average molecular weight is 564 g/mol. The summed E-state index contributed by atoms with van der Waals surface area (Å²) < 4.78 is 25.6. The molecule has 0 unspecified atom stereocenters. The lowest BCUT2D eigenvalue weighted by molar-refractivity contribution is -0.119. The Morgan fingerprint density at radius 1 is 1.00 bits per heavy atom. The Hall–Kier alpha value is -3.68. The van der Waals surface area contributed by atoms with E-state index in [9.17, 15) is 14.0 Å². The number of hydrogen-bond acceptors (Lipinski definition) is 5. The number of benzene rings is 3. The van der Waals surface area contributed by atoms with E-state index in [1.807, 2.05) is 42.5 Å². The number of carbonyl (C=O) groups is 2. The van der Waals surface area contributed by atoms with Crippen LogP contribution < -0.4 is 10.1 Å². The summed E-state index contributed by atoms with van der Waals surface area (Å²) >= 11 is 6.86. The molecule has 0 aliphatic heterocycles. The van der Waals surface area contributed by atoms with Gasteiger partial charge < -0.3 is 9.47 Å². The minimum atomic E-state index is -0.695. The summed E-state index contributed by atoms with van der Waals surface area (Å²) in [4.78, 5) is 25.3. The zero-order valence-corrected chi connectivity index (χ0v) is 23.3.